The number of aryl methyl sites for hydroxylation is 1. The van der Waals surface area contributed by atoms with Gasteiger partial charge in [0.1, 0.15) is 35.7 Å². The van der Waals surface area contributed by atoms with Crippen molar-refractivity contribution in [1.29, 1.82) is 0 Å². The highest BCUT2D eigenvalue weighted by molar-refractivity contribution is 5.95. The molecule has 2 aliphatic carbocycles. The molecule has 2 aromatic heterocycles. The lowest BCUT2D eigenvalue weighted by molar-refractivity contribution is -0.131. The highest BCUT2D eigenvalue weighted by Crippen LogP contribution is 2.47. The van der Waals surface area contributed by atoms with Gasteiger partial charge in [0.15, 0.2) is 0 Å². The average molecular weight is 1280 g/mol. The summed E-state index contributed by atoms with van der Waals surface area (Å²) in [4.78, 5) is 125. The van der Waals surface area contributed by atoms with Gasteiger partial charge in [0.2, 0.25) is 35.4 Å². The number of amides is 8. The van der Waals surface area contributed by atoms with E-state index >= 15 is 4.39 Å². The number of carbonyl (C=O) groups is 8. The van der Waals surface area contributed by atoms with Gasteiger partial charge in [-0.2, -0.15) is 0 Å². The third-order valence-corrected chi connectivity index (χ3v) is 17.4. The van der Waals surface area contributed by atoms with Gasteiger partial charge >= 0.3 is 12.2 Å². The van der Waals surface area contributed by atoms with E-state index in [1.165, 1.54) is 6.07 Å². The van der Waals surface area contributed by atoms with Crippen LogP contribution in [0.4, 0.5) is 14.0 Å². The van der Waals surface area contributed by atoms with Crippen LogP contribution in [-0.4, -0.2) is 126 Å². The Kier molecular flexibility index (Phi) is 20.7. The molecule has 4 atom stereocenters. The molecule has 4 heterocycles. The Morgan fingerprint density at radius 1 is 0.753 bits per heavy atom. The standard InChI is InChI=1S/C69H79FN10O13/c1-6-69(90)38-91-36-48-49(69)30-55-62-46(35-80(55)65(48)87)61-51(26-25-41-39(2)50(70)31-53(78-62)60(41)61)76-56(81)24-16-28-71-57(82)32-75-64(86)54(29-40-17-8-7-9-18-40)77-59(84)34-73-58(83)33-74-63(85)52(23-14-15-27-72-66(88)93-68(3,4)5)79-67(89)92-37-47-44-21-12-10-19-42(44)43-20-11-13-22-45(43)47/h7-13,17-22,30-31,47,51-52,54,90H,6,14-16,23-29,32-38H2,1-5H3,(H,71,82)(H,72,88)(H,73,83)(H,74,85)(H,75,86)(H,76,81)(H,77,84)(H,79,89)/t51-,52-,54-,69+/m0/s1. The maximum absolute atomic E-state index is 15.5. The maximum atomic E-state index is 15.5. The zero-order chi connectivity index (χ0) is 66.1. The van der Waals surface area contributed by atoms with Crippen molar-refractivity contribution in [3.63, 3.8) is 0 Å². The maximum Gasteiger partial charge on any atom is 0.407 e. The normalized spacial score (nSPS) is 16.4. The molecule has 6 aromatic rings. The second-order valence-electron chi connectivity index (χ2n) is 25.0. The predicted octanol–water partition coefficient (Wildman–Crippen LogP) is 5.68. The molecule has 0 fully saturated rings. The minimum absolute atomic E-state index is 0.00708. The molecule has 4 aliphatic rings. The second-order valence-corrected chi connectivity index (χ2v) is 25.0. The Labute approximate surface area is 537 Å². The highest BCUT2D eigenvalue weighted by Gasteiger charge is 2.40. The Hall–Kier alpha value is -9.55. The Balaban J connectivity index is 0.691. The molecule has 10 rings (SSSR count). The van der Waals surface area contributed by atoms with E-state index in [-0.39, 0.29) is 82.5 Å². The van der Waals surface area contributed by atoms with E-state index in [0.29, 0.717) is 71.3 Å². The van der Waals surface area contributed by atoms with E-state index in [1.807, 2.05) is 55.5 Å². The first kappa shape index (κ1) is 66.4. The predicted molar refractivity (Wildman–Crippen MR) is 342 cm³/mol. The topological polar surface area (TPSA) is 316 Å². The van der Waals surface area contributed by atoms with Crippen LogP contribution in [-0.2, 0) is 74.6 Å². The van der Waals surface area contributed by atoms with Gasteiger partial charge in [-0.05, 0) is 129 Å². The van der Waals surface area contributed by atoms with Crippen LogP contribution in [0.15, 0.2) is 95.8 Å². The summed E-state index contributed by atoms with van der Waals surface area (Å²) in [5, 5.41) is 33.6. The van der Waals surface area contributed by atoms with E-state index in [4.69, 9.17) is 19.2 Å². The minimum atomic E-state index is -1.37. The van der Waals surface area contributed by atoms with Crippen molar-refractivity contribution in [3.8, 4) is 22.5 Å². The van der Waals surface area contributed by atoms with E-state index in [1.54, 1.807) is 68.7 Å². The van der Waals surface area contributed by atoms with Crippen LogP contribution < -0.4 is 48.1 Å². The van der Waals surface area contributed by atoms with Gasteiger partial charge in [-0.1, -0.05) is 85.8 Å². The number of hydrogen-bond donors (Lipinski definition) is 9. The minimum Gasteiger partial charge on any atom is -0.449 e. The molecule has 23 nitrogen and oxygen atoms in total. The van der Waals surface area contributed by atoms with Gasteiger partial charge in [0, 0.05) is 54.4 Å². The van der Waals surface area contributed by atoms with Crippen LogP contribution in [0.1, 0.15) is 135 Å². The van der Waals surface area contributed by atoms with Gasteiger partial charge in [-0.3, -0.25) is 33.6 Å². The van der Waals surface area contributed by atoms with Crippen molar-refractivity contribution < 1.29 is 62.1 Å². The van der Waals surface area contributed by atoms with E-state index in [2.05, 4.69) is 42.5 Å². The van der Waals surface area contributed by atoms with Crippen molar-refractivity contribution in [1.82, 2.24) is 52.1 Å². The summed E-state index contributed by atoms with van der Waals surface area (Å²) >= 11 is 0. The number of pyridine rings is 2. The summed E-state index contributed by atoms with van der Waals surface area (Å²) in [5.74, 6) is -4.41. The SMILES string of the molecule is CC[C@@]1(O)COCc2c1cc1n(c2=O)Cc2c-1nc1cc(F)c(C)c3c1c2[C@@H](NC(=O)CCCNC(=O)CNC(=O)[C@H](Cc1ccccc1)NC(=O)CNC(=O)CNC(=O)[C@H](CCCCNC(=O)OC(C)(C)C)NC(=O)OCC1c2ccccc2-c2ccccc21)CC3. The van der Waals surface area contributed by atoms with Gasteiger partial charge in [0.25, 0.3) is 5.56 Å². The number of fused-ring (bicyclic) bond motifs is 8. The first-order chi connectivity index (χ1) is 44.6. The average Bonchev–Trinajstić information content (AvgIpc) is 1.62. The van der Waals surface area contributed by atoms with Crippen molar-refractivity contribution >= 4 is 58.5 Å². The number of unbranched alkanes of at least 4 members (excludes halogenated alkanes) is 1. The summed E-state index contributed by atoms with van der Waals surface area (Å²) in [6.45, 7) is 7.67. The van der Waals surface area contributed by atoms with Crippen molar-refractivity contribution in [2.24, 2.45) is 0 Å². The van der Waals surface area contributed by atoms with Crippen LogP contribution in [0.25, 0.3) is 33.4 Å². The number of rotatable bonds is 25. The largest absolute Gasteiger partial charge is 0.449 e. The number of hydrogen-bond acceptors (Lipinski definition) is 14. The number of aliphatic hydroxyl groups is 1. The number of nitrogens with one attached hydrogen (secondary N) is 8. The zero-order valence-corrected chi connectivity index (χ0v) is 52.8. The summed E-state index contributed by atoms with van der Waals surface area (Å²) in [6, 6.07) is 24.8. The fourth-order valence-electron chi connectivity index (χ4n) is 12.7. The number of carbonyl (C=O) groups excluding carboxylic acids is 8. The van der Waals surface area contributed by atoms with Crippen LogP contribution >= 0.6 is 0 Å². The third-order valence-electron chi connectivity index (χ3n) is 17.4. The van der Waals surface area contributed by atoms with Crippen molar-refractivity contribution in [2.45, 2.75) is 141 Å². The molecular weight excluding hydrogens is 1200 g/mol. The highest BCUT2D eigenvalue weighted by atomic mass is 19.1. The van der Waals surface area contributed by atoms with E-state index < -0.39 is 96.5 Å². The number of ether oxygens (including phenoxy) is 3. The van der Waals surface area contributed by atoms with Crippen molar-refractivity contribution in [3.05, 3.63) is 157 Å². The molecule has 0 saturated carbocycles. The van der Waals surface area contributed by atoms with Crippen LogP contribution in [0.2, 0.25) is 0 Å². The monoisotopic (exact) mass is 1270 g/mol. The lowest BCUT2D eigenvalue weighted by Crippen LogP contribution is -2.53. The quantitative estimate of drug-likeness (QED) is 0.0311. The number of halogens is 1. The molecule has 4 aromatic carbocycles. The fraction of sp³-hybridized carbons (Fsp3) is 0.420. The Bertz CT molecular complexity index is 3900. The summed E-state index contributed by atoms with van der Waals surface area (Å²) in [6.07, 6.45) is 0.954. The number of benzene rings is 4. The van der Waals surface area contributed by atoms with Crippen LogP contribution in [0, 0.1) is 12.7 Å². The van der Waals surface area contributed by atoms with Gasteiger partial charge < -0.3 is 66.4 Å². The number of aromatic nitrogens is 2. The molecule has 93 heavy (non-hydrogen) atoms. The van der Waals surface area contributed by atoms with Gasteiger partial charge in [-0.25, -0.2) is 19.0 Å². The van der Waals surface area contributed by atoms with Crippen molar-refractivity contribution in [2.75, 3.05) is 45.9 Å². The number of nitrogens with zero attached hydrogens (tertiary/aromatic N) is 2. The molecule has 24 heteroatoms. The fourth-order valence-corrected chi connectivity index (χ4v) is 12.7. The Morgan fingerprint density at radius 2 is 1.41 bits per heavy atom. The first-order valence-corrected chi connectivity index (χ1v) is 31.6. The molecule has 0 unspecified atom stereocenters. The first-order valence-electron chi connectivity index (χ1n) is 31.6. The molecule has 8 amide bonds. The lowest BCUT2D eigenvalue weighted by Gasteiger charge is -2.33. The summed E-state index contributed by atoms with van der Waals surface area (Å²) in [5.41, 5.74) is 7.41. The number of alkyl carbamates (subject to hydrolysis) is 2. The third kappa shape index (κ3) is 15.5. The molecule has 490 valence electrons. The zero-order valence-electron chi connectivity index (χ0n) is 52.8. The summed E-state index contributed by atoms with van der Waals surface area (Å²) in [7, 11) is 0. The smallest absolute Gasteiger partial charge is 0.407 e. The Morgan fingerprint density at radius 3 is 2.11 bits per heavy atom. The van der Waals surface area contributed by atoms with E-state index in [9.17, 15) is 48.3 Å². The van der Waals surface area contributed by atoms with Crippen LogP contribution in [0.3, 0.4) is 0 Å². The molecule has 0 spiro atoms. The molecular formula is C69H79FN10O13. The van der Waals surface area contributed by atoms with Crippen LogP contribution in [0.5, 0.6) is 0 Å². The lowest BCUT2D eigenvalue weighted by atomic mass is 9.81. The van der Waals surface area contributed by atoms with Gasteiger partial charge in [0.05, 0.1) is 62.3 Å². The molecule has 0 radical (unpaired) electrons. The van der Waals surface area contributed by atoms with E-state index in [0.717, 1.165) is 44.3 Å². The molecule has 2 aliphatic heterocycles. The molecule has 0 bridgehead atoms. The second kappa shape index (κ2) is 29.0. The molecule has 0 saturated heterocycles. The summed E-state index contributed by atoms with van der Waals surface area (Å²) < 4.78 is 33.8. The van der Waals surface area contributed by atoms with Gasteiger partial charge in [-0.15, -0.1) is 0 Å². The molecule has 9 N–H and O–H groups in total.